The van der Waals surface area contributed by atoms with Gasteiger partial charge < -0.3 is 4.74 Å². The summed E-state index contributed by atoms with van der Waals surface area (Å²) in [6.45, 7) is 0. The van der Waals surface area contributed by atoms with Gasteiger partial charge in [0.2, 0.25) is 0 Å². The van der Waals surface area contributed by atoms with E-state index in [4.69, 9.17) is 4.74 Å². The highest BCUT2D eigenvalue weighted by Crippen LogP contribution is 2.50. The van der Waals surface area contributed by atoms with E-state index in [2.05, 4.69) is 134 Å². The first-order valence-electron chi connectivity index (χ1n) is 15.1. The first-order valence-corrected chi connectivity index (χ1v) is 15.1. The van der Waals surface area contributed by atoms with E-state index in [0.717, 1.165) is 12.8 Å². The lowest BCUT2D eigenvalue weighted by atomic mass is 9.62. The van der Waals surface area contributed by atoms with Gasteiger partial charge in [0.05, 0.1) is 12.2 Å². The molecule has 1 aliphatic heterocycles. The van der Waals surface area contributed by atoms with Crippen LogP contribution in [0.1, 0.15) is 18.4 Å². The van der Waals surface area contributed by atoms with E-state index >= 15 is 0 Å². The number of fused-ring (bicyclic) bond motifs is 5. The predicted octanol–water partition coefficient (Wildman–Crippen LogP) is 7.38. The van der Waals surface area contributed by atoms with E-state index in [1.165, 1.54) is 54.6 Å². The summed E-state index contributed by atoms with van der Waals surface area (Å²) in [4.78, 5) is 0. The number of hydrogen-bond acceptors (Lipinski definition) is 1. The maximum absolute atomic E-state index is 7.08. The second kappa shape index (κ2) is 9.16. The van der Waals surface area contributed by atoms with Crippen LogP contribution in [0.4, 0.5) is 0 Å². The molecule has 0 N–H and O–H groups in total. The molecule has 198 valence electrons. The summed E-state index contributed by atoms with van der Waals surface area (Å²) in [7, 11) is 0. The molecular formula is C40H32O. The zero-order valence-corrected chi connectivity index (χ0v) is 23.0. The van der Waals surface area contributed by atoms with Crippen LogP contribution in [0.2, 0.25) is 0 Å². The average molecular weight is 529 g/mol. The van der Waals surface area contributed by atoms with Crippen molar-refractivity contribution in [3.63, 3.8) is 0 Å². The molecular weight excluding hydrogens is 496 g/mol. The smallest absolute Gasteiger partial charge is 0.0901 e. The number of hydrogen-bond donors (Lipinski definition) is 0. The Bertz CT molecular complexity index is 1950. The lowest BCUT2D eigenvalue weighted by molar-refractivity contribution is -0.0731. The maximum Gasteiger partial charge on any atom is 0.0901 e. The Hall–Kier alpha value is -4.20. The van der Waals surface area contributed by atoms with Crippen molar-refractivity contribution in [3.8, 4) is 0 Å². The summed E-state index contributed by atoms with van der Waals surface area (Å²) in [6.07, 6.45) is 28.5. The monoisotopic (exact) mass is 528 g/mol. The van der Waals surface area contributed by atoms with Gasteiger partial charge in [0, 0.05) is 17.8 Å². The van der Waals surface area contributed by atoms with Crippen molar-refractivity contribution in [2.75, 3.05) is 0 Å². The van der Waals surface area contributed by atoms with Crippen LogP contribution >= 0.6 is 0 Å². The van der Waals surface area contributed by atoms with Crippen molar-refractivity contribution in [1.29, 1.82) is 0 Å². The third-order valence-corrected chi connectivity index (χ3v) is 10.2. The van der Waals surface area contributed by atoms with Gasteiger partial charge in [-0.25, -0.2) is 0 Å². The van der Waals surface area contributed by atoms with Gasteiger partial charge in [-0.05, 0) is 79.5 Å². The third kappa shape index (κ3) is 3.65. The lowest BCUT2D eigenvalue weighted by Gasteiger charge is -2.50. The Morgan fingerprint density at radius 1 is 0.805 bits per heavy atom. The van der Waals surface area contributed by atoms with Crippen LogP contribution in [-0.2, 0) is 4.74 Å². The van der Waals surface area contributed by atoms with E-state index in [1.54, 1.807) is 0 Å². The molecule has 9 rings (SSSR count). The fourth-order valence-corrected chi connectivity index (χ4v) is 8.30. The zero-order valence-electron chi connectivity index (χ0n) is 23.0. The van der Waals surface area contributed by atoms with Crippen molar-refractivity contribution < 1.29 is 4.74 Å². The molecule has 5 aliphatic carbocycles. The molecule has 0 saturated carbocycles. The number of rotatable bonds is 2. The molecule has 0 radical (unpaired) electrons. The van der Waals surface area contributed by atoms with Gasteiger partial charge in [-0.3, -0.25) is 0 Å². The molecule has 1 saturated heterocycles. The van der Waals surface area contributed by atoms with E-state index in [0.29, 0.717) is 23.7 Å². The van der Waals surface area contributed by atoms with Gasteiger partial charge in [-0.15, -0.1) is 0 Å². The minimum atomic E-state index is 0.107. The molecule has 0 bridgehead atoms. The summed E-state index contributed by atoms with van der Waals surface area (Å²) in [5.41, 5.74) is 8.29. The summed E-state index contributed by atoms with van der Waals surface area (Å²) >= 11 is 0. The molecule has 3 aromatic carbocycles. The van der Waals surface area contributed by atoms with Crippen LogP contribution < -0.4 is 10.4 Å². The first-order chi connectivity index (χ1) is 20.3. The molecule has 41 heavy (non-hydrogen) atoms. The molecule has 6 aliphatic rings. The standard InChI is InChI=1S/C40H32O/c1-3-11-31-25(8-1)10-5-13-32(31)29-20-18-27-23-30(21-19-26(27)22-29)34-14-6-17-37-36-16-7-15-35-33-12-4-2-9-28(33)24-38(39(35)36)41-40(34)37/h1-15,17-22,24,27,36-40H,16,23H2. The molecule has 1 nitrogen and oxygen atoms in total. The second-order valence-electron chi connectivity index (χ2n) is 12.3. The second-order valence-corrected chi connectivity index (χ2v) is 12.3. The molecule has 0 aromatic heterocycles. The van der Waals surface area contributed by atoms with Crippen molar-refractivity contribution in [2.45, 2.75) is 25.0 Å². The molecule has 1 heterocycles. The van der Waals surface area contributed by atoms with E-state index in [1.807, 2.05) is 0 Å². The molecule has 0 spiro atoms. The molecule has 1 fully saturated rings. The van der Waals surface area contributed by atoms with Gasteiger partial charge in [0.1, 0.15) is 0 Å². The molecule has 3 aromatic rings. The van der Waals surface area contributed by atoms with Crippen LogP contribution in [0.15, 0.2) is 144 Å². The highest BCUT2D eigenvalue weighted by Gasteiger charge is 2.48. The van der Waals surface area contributed by atoms with Gasteiger partial charge in [0.25, 0.3) is 0 Å². The van der Waals surface area contributed by atoms with Crippen LogP contribution in [-0.4, -0.2) is 12.2 Å². The minimum absolute atomic E-state index is 0.107. The zero-order chi connectivity index (χ0) is 26.9. The van der Waals surface area contributed by atoms with Crippen molar-refractivity contribution in [2.24, 2.45) is 23.7 Å². The highest BCUT2D eigenvalue weighted by atomic mass is 16.5. The Kier molecular flexibility index (Phi) is 5.25. The van der Waals surface area contributed by atoms with E-state index < -0.39 is 0 Å². The number of allylic oxidation sites excluding steroid dienone is 11. The largest absolute Gasteiger partial charge is 0.365 e. The average Bonchev–Trinajstić information content (AvgIpc) is 3.04. The quantitative estimate of drug-likeness (QED) is 0.337. The molecule has 1 heteroatoms. The van der Waals surface area contributed by atoms with E-state index in [-0.39, 0.29) is 12.2 Å². The van der Waals surface area contributed by atoms with Crippen molar-refractivity contribution in [1.82, 2.24) is 0 Å². The van der Waals surface area contributed by atoms with Gasteiger partial charge >= 0.3 is 0 Å². The van der Waals surface area contributed by atoms with Gasteiger partial charge in [-0.1, -0.05) is 127 Å². The highest BCUT2D eigenvalue weighted by molar-refractivity contribution is 5.97. The Morgan fingerprint density at radius 3 is 2.71 bits per heavy atom. The summed E-state index contributed by atoms with van der Waals surface area (Å²) in [5.74, 6) is 1.81. The molecule has 6 atom stereocenters. The molecule has 6 unspecified atom stereocenters. The first kappa shape index (κ1) is 23.5. The summed E-state index contributed by atoms with van der Waals surface area (Å²) in [5, 5.41) is 5.31. The topological polar surface area (TPSA) is 9.23 Å². The lowest BCUT2D eigenvalue weighted by Crippen LogP contribution is -2.53. The Balaban J connectivity index is 1.06. The maximum atomic E-state index is 7.08. The summed E-state index contributed by atoms with van der Waals surface area (Å²) < 4.78 is 7.08. The fourth-order valence-electron chi connectivity index (χ4n) is 8.30. The fraction of sp³-hybridized carbons (Fsp3) is 0.200. The predicted molar refractivity (Wildman–Crippen MR) is 169 cm³/mol. The van der Waals surface area contributed by atoms with Crippen LogP contribution in [0.3, 0.4) is 0 Å². The van der Waals surface area contributed by atoms with Gasteiger partial charge in [-0.2, -0.15) is 0 Å². The minimum Gasteiger partial charge on any atom is -0.365 e. The normalized spacial score (nSPS) is 30.6. The molecule has 0 amide bonds. The Morgan fingerprint density at radius 2 is 1.71 bits per heavy atom. The van der Waals surface area contributed by atoms with Crippen molar-refractivity contribution in [3.05, 3.63) is 160 Å². The van der Waals surface area contributed by atoms with E-state index in [9.17, 15) is 0 Å². The van der Waals surface area contributed by atoms with Crippen LogP contribution in [0.5, 0.6) is 0 Å². The third-order valence-electron chi connectivity index (χ3n) is 10.2. The SMILES string of the molecule is C1=CC2C(OC3C=c4ccccc4=C4C=CCC2C43)C(C2=CC=C3C=C(c4cccc5ccccc45)C=CC3C2)=C1. The van der Waals surface area contributed by atoms with Crippen LogP contribution in [0, 0.1) is 23.7 Å². The van der Waals surface area contributed by atoms with Gasteiger partial charge in [0.15, 0.2) is 0 Å². The van der Waals surface area contributed by atoms with Crippen LogP contribution in [0.25, 0.3) is 28.0 Å². The van der Waals surface area contributed by atoms with Crippen molar-refractivity contribution >= 4 is 28.0 Å². The number of benzene rings is 3. The number of ether oxygens (including phenoxy) is 1. The summed E-state index contributed by atoms with van der Waals surface area (Å²) in [6, 6.07) is 24.2. The Labute approximate surface area is 241 Å².